The summed E-state index contributed by atoms with van der Waals surface area (Å²) in [6.45, 7) is 1.85. The van der Waals surface area contributed by atoms with Gasteiger partial charge in [-0.1, -0.05) is 31.2 Å². The van der Waals surface area contributed by atoms with E-state index in [1.165, 1.54) is 0 Å². The minimum atomic E-state index is -0.447. The molecule has 0 bridgehead atoms. The highest BCUT2D eigenvalue weighted by atomic mass is 16.5. The minimum Gasteiger partial charge on any atom is -0.497 e. The van der Waals surface area contributed by atoms with Gasteiger partial charge in [0.15, 0.2) is 5.78 Å². The number of carbonyl (C=O) groups excluding carboxylic acids is 2. The van der Waals surface area contributed by atoms with Crippen molar-refractivity contribution in [1.82, 2.24) is 0 Å². The molecule has 2 aliphatic rings. The van der Waals surface area contributed by atoms with Crippen molar-refractivity contribution < 1.29 is 14.3 Å². The summed E-state index contributed by atoms with van der Waals surface area (Å²) in [6, 6.07) is 15.0. The highest BCUT2D eigenvalue weighted by Crippen LogP contribution is 2.45. The van der Waals surface area contributed by atoms with Gasteiger partial charge in [-0.25, -0.2) is 0 Å². The average molecular weight is 376 g/mol. The summed E-state index contributed by atoms with van der Waals surface area (Å²) in [5.41, 5.74) is 4.20. The number of carbonyl (C=O) groups is 2. The van der Waals surface area contributed by atoms with E-state index in [0.29, 0.717) is 18.4 Å². The van der Waals surface area contributed by atoms with E-state index >= 15 is 0 Å². The second kappa shape index (κ2) is 7.50. The van der Waals surface area contributed by atoms with Crippen LogP contribution in [0.2, 0.25) is 0 Å². The third kappa shape index (κ3) is 3.07. The standard InChI is InChI=1S/C23H24N2O3/c1-3-21(27)25-19-9-5-4-7-17(19)24-18-8-6-10-20(26)22(18)23(25)15-11-13-16(28-2)14-12-15/h4-5,7,9,11-14,23-24H,3,6,8,10H2,1-2H3/t23-/m1/s1. The van der Waals surface area contributed by atoms with E-state index in [-0.39, 0.29) is 11.7 Å². The van der Waals surface area contributed by atoms with E-state index in [4.69, 9.17) is 4.74 Å². The Bertz CT molecular complexity index is 947. The molecule has 5 nitrogen and oxygen atoms in total. The topological polar surface area (TPSA) is 58.6 Å². The maximum absolute atomic E-state index is 13.1. The maximum atomic E-state index is 13.1. The predicted molar refractivity (Wildman–Crippen MR) is 109 cm³/mol. The maximum Gasteiger partial charge on any atom is 0.227 e. The van der Waals surface area contributed by atoms with Crippen LogP contribution in [0.5, 0.6) is 5.75 Å². The van der Waals surface area contributed by atoms with Gasteiger partial charge in [-0.2, -0.15) is 0 Å². The Morgan fingerprint density at radius 3 is 2.61 bits per heavy atom. The molecule has 0 spiro atoms. The van der Waals surface area contributed by atoms with E-state index in [9.17, 15) is 9.59 Å². The summed E-state index contributed by atoms with van der Waals surface area (Å²) in [6.07, 6.45) is 2.50. The normalized spacial score (nSPS) is 18.7. The van der Waals surface area contributed by atoms with Crippen molar-refractivity contribution in [3.8, 4) is 5.75 Å². The van der Waals surface area contributed by atoms with Crippen molar-refractivity contribution >= 4 is 23.1 Å². The van der Waals surface area contributed by atoms with Crippen LogP contribution in [-0.4, -0.2) is 18.8 Å². The predicted octanol–water partition coefficient (Wildman–Crippen LogP) is 4.61. The lowest BCUT2D eigenvalue weighted by Gasteiger charge is -2.33. The Labute approximate surface area is 165 Å². The molecule has 28 heavy (non-hydrogen) atoms. The van der Waals surface area contributed by atoms with Crippen molar-refractivity contribution in [3.05, 3.63) is 65.4 Å². The summed E-state index contributed by atoms with van der Waals surface area (Å²) in [5, 5.41) is 3.46. The number of fused-ring (bicyclic) bond motifs is 1. The lowest BCUT2D eigenvalue weighted by atomic mass is 9.85. The molecule has 1 amide bonds. The van der Waals surface area contributed by atoms with Crippen LogP contribution in [0.4, 0.5) is 11.4 Å². The summed E-state index contributed by atoms with van der Waals surface area (Å²) in [4.78, 5) is 27.9. The molecule has 0 fully saturated rings. The van der Waals surface area contributed by atoms with Crippen molar-refractivity contribution in [2.45, 2.75) is 38.6 Å². The molecule has 1 heterocycles. The smallest absolute Gasteiger partial charge is 0.227 e. The first-order valence-corrected chi connectivity index (χ1v) is 9.72. The van der Waals surface area contributed by atoms with E-state index < -0.39 is 6.04 Å². The van der Waals surface area contributed by atoms with Crippen LogP contribution in [0.3, 0.4) is 0 Å². The second-order valence-electron chi connectivity index (χ2n) is 7.10. The Balaban J connectivity index is 1.97. The molecule has 0 saturated heterocycles. The molecular formula is C23H24N2O3. The summed E-state index contributed by atoms with van der Waals surface area (Å²) in [7, 11) is 1.62. The van der Waals surface area contributed by atoms with E-state index in [2.05, 4.69) is 5.32 Å². The van der Waals surface area contributed by atoms with Crippen LogP contribution in [0, 0.1) is 0 Å². The van der Waals surface area contributed by atoms with Gasteiger partial charge in [0, 0.05) is 24.1 Å². The van der Waals surface area contributed by atoms with Gasteiger partial charge in [-0.05, 0) is 42.7 Å². The first-order chi connectivity index (χ1) is 13.6. The lowest BCUT2D eigenvalue weighted by molar-refractivity contribution is -0.118. The van der Waals surface area contributed by atoms with Crippen LogP contribution in [0.25, 0.3) is 0 Å². The number of ether oxygens (including phenoxy) is 1. The molecule has 1 aliphatic carbocycles. The van der Waals surface area contributed by atoms with Gasteiger partial charge in [-0.3, -0.25) is 14.5 Å². The Kier molecular flexibility index (Phi) is 4.90. The summed E-state index contributed by atoms with van der Waals surface area (Å²) >= 11 is 0. The molecule has 0 aromatic heterocycles. The minimum absolute atomic E-state index is 0.0119. The zero-order valence-corrected chi connectivity index (χ0v) is 16.2. The molecule has 1 N–H and O–H groups in total. The fourth-order valence-electron chi connectivity index (χ4n) is 4.08. The van der Waals surface area contributed by atoms with Gasteiger partial charge in [-0.15, -0.1) is 0 Å². The number of anilines is 2. The molecule has 144 valence electrons. The molecule has 1 atom stereocenters. The molecule has 0 unspecified atom stereocenters. The number of benzene rings is 2. The average Bonchev–Trinajstić information content (AvgIpc) is 2.88. The number of hydrogen-bond acceptors (Lipinski definition) is 4. The fourth-order valence-corrected chi connectivity index (χ4v) is 4.08. The molecule has 4 rings (SSSR count). The third-order valence-electron chi connectivity index (χ3n) is 5.44. The Morgan fingerprint density at radius 2 is 1.89 bits per heavy atom. The largest absolute Gasteiger partial charge is 0.497 e. The number of amides is 1. The lowest BCUT2D eigenvalue weighted by Crippen LogP contribution is -2.37. The highest BCUT2D eigenvalue weighted by molar-refractivity contribution is 6.06. The summed E-state index contributed by atoms with van der Waals surface area (Å²) < 4.78 is 5.29. The fraction of sp³-hybridized carbons (Fsp3) is 0.304. The van der Waals surface area contributed by atoms with Crippen LogP contribution in [0.1, 0.15) is 44.2 Å². The van der Waals surface area contributed by atoms with Gasteiger partial charge in [0.2, 0.25) is 5.91 Å². The number of methoxy groups -OCH3 is 1. The first-order valence-electron chi connectivity index (χ1n) is 9.72. The molecule has 5 heteroatoms. The molecule has 1 aliphatic heterocycles. The molecule has 0 saturated carbocycles. The van der Waals surface area contributed by atoms with Crippen molar-refractivity contribution in [1.29, 1.82) is 0 Å². The monoisotopic (exact) mass is 376 g/mol. The van der Waals surface area contributed by atoms with E-state index in [1.54, 1.807) is 12.0 Å². The zero-order valence-electron chi connectivity index (χ0n) is 16.2. The first kappa shape index (κ1) is 18.3. The number of rotatable bonds is 3. The number of nitrogens with one attached hydrogen (secondary N) is 1. The third-order valence-corrected chi connectivity index (χ3v) is 5.44. The van der Waals surface area contributed by atoms with Crippen molar-refractivity contribution in [3.63, 3.8) is 0 Å². The van der Waals surface area contributed by atoms with Crippen LogP contribution in [0.15, 0.2) is 59.8 Å². The van der Waals surface area contributed by atoms with Gasteiger partial charge in [0.05, 0.1) is 24.5 Å². The van der Waals surface area contributed by atoms with Crippen LogP contribution in [-0.2, 0) is 9.59 Å². The van der Waals surface area contributed by atoms with E-state index in [1.807, 2.05) is 55.5 Å². The second-order valence-corrected chi connectivity index (χ2v) is 7.10. The van der Waals surface area contributed by atoms with E-state index in [0.717, 1.165) is 41.2 Å². The molecule has 2 aromatic rings. The number of hydrogen-bond donors (Lipinski definition) is 1. The molecule has 2 aromatic carbocycles. The van der Waals surface area contributed by atoms with Crippen molar-refractivity contribution in [2.75, 3.05) is 17.3 Å². The molecule has 0 radical (unpaired) electrons. The van der Waals surface area contributed by atoms with Gasteiger partial charge in [0.25, 0.3) is 0 Å². The molecular weight excluding hydrogens is 352 g/mol. The zero-order chi connectivity index (χ0) is 19.7. The highest BCUT2D eigenvalue weighted by Gasteiger charge is 2.38. The number of ketones is 1. The Hall–Kier alpha value is -3.08. The number of nitrogens with zero attached hydrogens (tertiary/aromatic N) is 1. The number of Topliss-reactive ketones (excluding diaryl/α,β-unsaturated/α-hetero) is 1. The van der Waals surface area contributed by atoms with Crippen LogP contribution >= 0.6 is 0 Å². The quantitative estimate of drug-likeness (QED) is 0.850. The number of allylic oxidation sites excluding steroid dienone is 1. The summed E-state index contributed by atoms with van der Waals surface area (Å²) in [5.74, 6) is 0.840. The Morgan fingerprint density at radius 1 is 1.14 bits per heavy atom. The van der Waals surface area contributed by atoms with Gasteiger partial charge in [0.1, 0.15) is 5.75 Å². The van der Waals surface area contributed by atoms with Crippen LogP contribution < -0.4 is 15.0 Å². The van der Waals surface area contributed by atoms with Crippen molar-refractivity contribution in [2.24, 2.45) is 0 Å². The van der Waals surface area contributed by atoms with Gasteiger partial charge < -0.3 is 10.1 Å². The van der Waals surface area contributed by atoms with Gasteiger partial charge >= 0.3 is 0 Å². The SMILES string of the molecule is CCC(=O)N1c2ccccc2NC2=C(C(=O)CCC2)[C@H]1c1ccc(OC)cc1. The number of para-hydroxylation sites is 2.